The van der Waals surface area contributed by atoms with Crippen molar-refractivity contribution < 1.29 is 20.1 Å². The molecule has 8 rings (SSSR count). The molecule has 0 aliphatic heterocycles. The van der Waals surface area contributed by atoms with Gasteiger partial charge < -0.3 is 9.55 Å². The molecule has 0 aliphatic carbocycles. The van der Waals surface area contributed by atoms with Gasteiger partial charge in [0.1, 0.15) is 0 Å². The molecule has 8 aromatic rings. The molecule has 0 unspecified atom stereocenters. The Kier molecular flexibility index (Phi) is 12.4. The van der Waals surface area contributed by atoms with Crippen molar-refractivity contribution in [2.45, 2.75) is 79.4 Å². The van der Waals surface area contributed by atoms with Crippen molar-refractivity contribution in [3.8, 4) is 28.3 Å². The number of rotatable bonds is 8. The largest absolute Gasteiger partial charge is 0.333 e. The minimum atomic E-state index is -1.34. The second-order valence-electron chi connectivity index (χ2n) is 16.4. The Morgan fingerprint density at radius 1 is 0.709 bits per heavy atom. The summed E-state index contributed by atoms with van der Waals surface area (Å²) >= 11 is 1.83. The first-order valence-electron chi connectivity index (χ1n) is 19.3. The summed E-state index contributed by atoms with van der Waals surface area (Å²) in [6.45, 7) is 20.8. The molecule has 0 N–H and O–H groups in total. The maximum absolute atomic E-state index is 5.17. The molecule has 0 aliphatic rings. The number of thiophene rings is 1. The quantitative estimate of drug-likeness (QED) is 0.112. The number of benzene rings is 5. The van der Waals surface area contributed by atoms with E-state index in [1.54, 1.807) is 0 Å². The standard InChI is InChI=1S/C31H27N2S.C18H24NSi.Ir/c1-19(2)22-11-9-12-23(20(3)4)30(22)33-27-14-7-6-13-26(27)32-31(33)21-16-17-29-25(18-21)24-10-5-8-15-28(24)34-29;1-14(2)11-16-12-17(15-9-7-6-8-10-15)19-13-18(16)20(3,4)5;/h5-15,17-20H,1-4H3;6-9,12-14H,11H2,1-5H3;/q2*-1;. The fourth-order valence-electron chi connectivity index (χ4n) is 7.48. The zero-order valence-electron chi connectivity index (χ0n) is 33.5. The molecule has 0 spiro atoms. The summed E-state index contributed by atoms with van der Waals surface area (Å²) in [6, 6.07) is 45.5. The van der Waals surface area contributed by atoms with Crippen LogP contribution in [0.15, 0.2) is 115 Å². The molecule has 0 atom stereocenters. The van der Waals surface area contributed by atoms with Gasteiger partial charge in [0.15, 0.2) is 0 Å². The van der Waals surface area contributed by atoms with E-state index in [-0.39, 0.29) is 20.1 Å². The molecular weight excluding hydrogens is 883 g/mol. The molecular formula is C49H51IrN3SSi-2. The molecule has 55 heavy (non-hydrogen) atoms. The van der Waals surface area contributed by atoms with Crippen LogP contribution in [0.3, 0.4) is 0 Å². The van der Waals surface area contributed by atoms with Gasteiger partial charge in [0.2, 0.25) is 0 Å². The smallest absolute Gasteiger partial charge is 0.0798 e. The number of imidazole rings is 1. The number of nitrogens with zero attached hydrogens (tertiary/aromatic N) is 3. The van der Waals surface area contributed by atoms with Crippen molar-refractivity contribution in [2.24, 2.45) is 5.92 Å². The van der Waals surface area contributed by atoms with Gasteiger partial charge in [0.05, 0.1) is 24.9 Å². The van der Waals surface area contributed by atoms with Crippen LogP contribution in [0.4, 0.5) is 0 Å². The van der Waals surface area contributed by atoms with E-state index in [2.05, 4.69) is 180 Å². The van der Waals surface area contributed by atoms with Crippen LogP contribution in [0, 0.1) is 18.1 Å². The predicted molar refractivity (Wildman–Crippen MR) is 236 cm³/mol. The summed E-state index contributed by atoms with van der Waals surface area (Å²) < 4.78 is 4.95. The monoisotopic (exact) mass is 934 g/mol. The van der Waals surface area contributed by atoms with Gasteiger partial charge >= 0.3 is 0 Å². The van der Waals surface area contributed by atoms with Crippen LogP contribution in [-0.4, -0.2) is 22.6 Å². The van der Waals surface area contributed by atoms with Crippen molar-refractivity contribution >= 4 is 55.8 Å². The fraction of sp³-hybridized carbons (Fsp3) is 0.265. The number of aromatic nitrogens is 3. The third-order valence-electron chi connectivity index (χ3n) is 10.1. The average Bonchev–Trinajstić information content (AvgIpc) is 3.72. The van der Waals surface area contributed by atoms with E-state index in [4.69, 9.17) is 4.98 Å². The SMILES string of the molecule is CC(C)Cc1cc(-c2[c-]cccc2)ncc1[Si](C)(C)C.CC(C)c1cccc(C(C)C)c1-n1c(-c2[c-]cc3sc4ccccc4c3c2)nc2ccccc21.[Ir]. The Morgan fingerprint density at radius 2 is 1.40 bits per heavy atom. The van der Waals surface area contributed by atoms with E-state index in [1.165, 1.54) is 47.7 Å². The van der Waals surface area contributed by atoms with Gasteiger partial charge in [-0.3, -0.25) is 4.98 Å². The molecule has 0 saturated carbocycles. The third kappa shape index (κ3) is 8.49. The Balaban J connectivity index is 0.000000211. The van der Waals surface area contributed by atoms with Gasteiger partial charge in [-0.2, -0.15) is 11.3 Å². The molecule has 0 saturated heterocycles. The van der Waals surface area contributed by atoms with Crippen LogP contribution in [0.1, 0.15) is 70.1 Å². The zero-order valence-corrected chi connectivity index (χ0v) is 37.7. The molecule has 6 heteroatoms. The predicted octanol–water partition coefficient (Wildman–Crippen LogP) is 13.4. The minimum absolute atomic E-state index is 0. The molecule has 283 valence electrons. The van der Waals surface area contributed by atoms with Crippen LogP contribution >= 0.6 is 11.3 Å². The molecule has 3 nitrogen and oxygen atoms in total. The van der Waals surface area contributed by atoms with E-state index in [0.29, 0.717) is 17.8 Å². The van der Waals surface area contributed by atoms with E-state index >= 15 is 0 Å². The molecule has 0 amide bonds. The normalized spacial score (nSPS) is 11.8. The Labute approximate surface area is 346 Å². The van der Waals surface area contributed by atoms with Gasteiger partial charge in [0.25, 0.3) is 0 Å². The number of hydrogen-bond acceptors (Lipinski definition) is 3. The summed E-state index contributed by atoms with van der Waals surface area (Å²) in [5.74, 6) is 2.42. The average molecular weight is 934 g/mol. The number of para-hydroxylation sites is 3. The van der Waals surface area contributed by atoms with E-state index in [1.807, 2.05) is 29.5 Å². The number of pyridine rings is 1. The fourth-order valence-corrected chi connectivity index (χ4v) is 10.1. The number of fused-ring (bicyclic) bond motifs is 4. The van der Waals surface area contributed by atoms with Crippen molar-refractivity contribution in [1.29, 1.82) is 0 Å². The molecule has 3 heterocycles. The first-order valence-corrected chi connectivity index (χ1v) is 23.6. The minimum Gasteiger partial charge on any atom is -0.333 e. The molecule has 1 radical (unpaired) electrons. The van der Waals surface area contributed by atoms with E-state index in [9.17, 15) is 0 Å². The van der Waals surface area contributed by atoms with Crippen molar-refractivity contribution in [3.05, 3.63) is 144 Å². The van der Waals surface area contributed by atoms with E-state index < -0.39 is 8.07 Å². The summed E-state index contributed by atoms with van der Waals surface area (Å²) in [4.78, 5) is 9.85. The van der Waals surface area contributed by atoms with Crippen molar-refractivity contribution in [3.63, 3.8) is 0 Å². The second-order valence-corrected chi connectivity index (χ2v) is 22.6. The van der Waals surface area contributed by atoms with E-state index in [0.717, 1.165) is 40.1 Å². The van der Waals surface area contributed by atoms with Gasteiger partial charge in [-0.05, 0) is 74.5 Å². The zero-order chi connectivity index (χ0) is 38.1. The van der Waals surface area contributed by atoms with Gasteiger partial charge in [-0.25, -0.2) is 0 Å². The molecule has 5 aromatic carbocycles. The Bertz CT molecular complexity index is 2530. The third-order valence-corrected chi connectivity index (χ3v) is 13.3. The first-order chi connectivity index (χ1) is 25.9. The molecule has 3 aromatic heterocycles. The van der Waals surface area contributed by atoms with Gasteiger partial charge in [-0.15, -0.1) is 59.7 Å². The maximum Gasteiger partial charge on any atom is 0.0798 e. The topological polar surface area (TPSA) is 30.7 Å². The van der Waals surface area contributed by atoms with Crippen LogP contribution in [0.2, 0.25) is 19.6 Å². The summed E-state index contributed by atoms with van der Waals surface area (Å²) in [7, 11) is -1.34. The van der Waals surface area contributed by atoms with Crippen molar-refractivity contribution in [1.82, 2.24) is 14.5 Å². The maximum atomic E-state index is 5.17. The summed E-state index contributed by atoms with van der Waals surface area (Å²) in [5, 5.41) is 4.06. The Morgan fingerprint density at radius 3 is 2.07 bits per heavy atom. The summed E-state index contributed by atoms with van der Waals surface area (Å²) in [6.07, 6.45) is 3.24. The van der Waals surface area contributed by atoms with Crippen LogP contribution in [0.5, 0.6) is 0 Å². The molecule has 0 fully saturated rings. The van der Waals surface area contributed by atoms with Crippen LogP contribution in [0.25, 0.3) is 59.5 Å². The van der Waals surface area contributed by atoms with Crippen LogP contribution in [-0.2, 0) is 26.5 Å². The number of hydrogen-bond donors (Lipinski definition) is 0. The van der Waals surface area contributed by atoms with Crippen LogP contribution < -0.4 is 5.19 Å². The molecule has 0 bridgehead atoms. The second kappa shape index (κ2) is 16.9. The van der Waals surface area contributed by atoms with Gasteiger partial charge in [-0.1, -0.05) is 127 Å². The van der Waals surface area contributed by atoms with Gasteiger partial charge in [0, 0.05) is 36.7 Å². The Hall–Kier alpha value is -4.19. The first kappa shape index (κ1) is 40.5. The van der Waals surface area contributed by atoms with Crippen molar-refractivity contribution in [2.75, 3.05) is 0 Å². The summed E-state index contributed by atoms with van der Waals surface area (Å²) in [5.41, 5.74) is 10.7.